The third kappa shape index (κ3) is 5.88. The van der Waals surface area contributed by atoms with E-state index in [0.717, 1.165) is 33.7 Å². The molecular weight excluding hydrogens is 543 g/mol. The minimum atomic E-state index is -1.07. The van der Waals surface area contributed by atoms with Crippen LogP contribution in [-0.4, -0.2) is 46.9 Å². The number of amides is 2. The lowest BCUT2D eigenvalue weighted by atomic mass is 9.58. The molecule has 8 nitrogen and oxygen atoms in total. The van der Waals surface area contributed by atoms with E-state index in [1.807, 2.05) is 67.6 Å². The van der Waals surface area contributed by atoms with Crippen LogP contribution in [0.5, 0.6) is 5.75 Å². The molecule has 3 aromatic carbocycles. The number of allylic oxidation sites excluding steroid dienone is 1. The number of nitrogens with one attached hydrogen (secondary N) is 1. The van der Waals surface area contributed by atoms with Gasteiger partial charge in [-0.05, 0) is 104 Å². The van der Waals surface area contributed by atoms with E-state index in [1.54, 1.807) is 24.3 Å². The highest BCUT2D eigenvalue weighted by molar-refractivity contribution is 6.43. The zero-order valence-corrected chi connectivity index (χ0v) is 24.0. The molecule has 9 heteroatoms. The van der Waals surface area contributed by atoms with Crippen molar-refractivity contribution in [2.75, 3.05) is 16.8 Å². The van der Waals surface area contributed by atoms with Crippen molar-refractivity contribution in [1.82, 2.24) is 0 Å². The number of rotatable bonds is 8. The fraction of sp³-hybridized carbons (Fsp3) is 0.294. The van der Waals surface area contributed by atoms with Crippen molar-refractivity contribution in [3.8, 4) is 5.75 Å². The van der Waals surface area contributed by atoms with E-state index < -0.39 is 31.0 Å². The van der Waals surface area contributed by atoms with Crippen LogP contribution < -0.4 is 10.2 Å². The lowest BCUT2D eigenvalue weighted by Gasteiger charge is -2.42. The van der Waals surface area contributed by atoms with Crippen LogP contribution in [0.25, 0.3) is 6.08 Å². The third-order valence-corrected chi connectivity index (χ3v) is 8.79. The summed E-state index contributed by atoms with van der Waals surface area (Å²) in [6.07, 6.45) is 3.29. The van der Waals surface area contributed by atoms with Gasteiger partial charge in [0.05, 0.1) is 30.2 Å². The number of aromatic hydroxyl groups is 1. The van der Waals surface area contributed by atoms with Crippen molar-refractivity contribution in [3.05, 3.63) is 101 Å². The summed E-state index contributed by atoms with van der Waals surface area (Å²) in [6, 6.07) is 23.9. The number of fused-ring (bicyclic) bond motifs is 3. The molecule has 2 saturated heterocycles. The molecule has 3 aliphatic rings. The lowest BCUT2D eigenvalue weighted by molar-refractivity contribution is -0.122. The van der Waals surface area contributed by atoms with E-state index in [2.05, 4.69) is 5.32 Å². The van der Waals surface area contributed by atoms with Crippen LogP contribution in [0, 0.1) is 17.8 Å². The molecule has 2 aliphatic heterocycles. The van der Waals surface area contributed by atoms with Crippen molar-refractivity contribution < 1.29 is 29.5 Å². The van der Waals surface area contributed by atoms with Gasteiger partial charge in [-0.3, -0.25) is 14.5 Å². The highest BCUT2D eigenvalue weighted by Gasteiger charge is 2.57. The molecular formula is C34H35BN2O6. The standard InChI is InChI=1S/C34H35BN2O6/c1-21(17-22-8-14-27(39)15-9-22)7-16-30-31-23(20-38)18-28-32(29(31)19-35(42)43-30)34(41)37(33(28)40)26-12-10-25(11-13-26)36-24-5-3-2-4-6-24/h2-6,8-15,17,28-30,32,36,38-39,42H,7,16,18-20H2,1H3/b21-17+/t28-,29+,30-,32-/m1/s1. The zero-order chi connectivity index (χ0) is 30.1. The number of hydrogen-bond donors (Lipinski definition) is 4. The normalized spacial score (nSPS) is 23.8. The highest BCUT2D eigenvalue weighted by atomic mass is 16.5. The number of carbonyl (C=O) groups is 2. The molecule has 0 radical (unpaired) electrons. The minimum absolute atomic E-state index is 0.200. The molecule has 6 rings (SSSR count). The summed E-state index contributed by atoms with van der Waals surface area (Å²) >= 11 is 0. The summed E-state index contributed by atoms with van der Waals surface area (Å²) in [5, 5.41) is 34.0. The molecule has 0 bridgehead atoms. The van der Waals surface area contributed by atoms with Crippen LogP contribution in [0.2, 0.25) is 6.32 Å². The van der Waals surface area contributed by atoms with Crippen molar-refractivity contribution in [3.63, 3.8) is 0 Å². The average molecular weight is 578 g/mol. The van der Waals surface area contributed by atoms with Gasteiger partial charge in [0.25, 0.3) is 0 Å². The molecule has 2 amide bonds. The molecule has 220 valence electrons. The number of imide groups is 1. The van der Waals surface area contributed by atoms with Crippen molar-refractivity contribution in [2.45, 2.75) is 38.6 Å². The number of nitrogens with zero attached hydrogens (tertiary/aromatic N) is 1. The molecule has 1 aliphatic carbocycles. The van der Waals surface area contributed by atoms with E-state index in [0.29, 0.717) is 24.9 Å². The zero-order valence-electron chi connectivity index (χ0n) is 24.0. The van der Waals surface area contributed by atoms with Gasteiger partial charge in [0.1, 0.15) is 5.75 Å². The van der Waals surface area contributed by atoms with Crippen LogP contribution in [0.1, 0.15) is 31.7 Å². The molecule has 3 aromatic rings. The van der Waals surface area contributed by atoms with E-state index in [4.69, 9.17) is 4.65 Å². The van der Waals surface area contributed by atoms with Crippen LogP contribution in [-0.2, 0) is 14.2 Å². The first-order chi connectivity index (χ1) is 20.8. The molecule has 2 heterocycles. The van der Waals surface area contributed by atoms with Crippen LogP contribution >= 0.6 is 0 Å². The van der Waals surface area contributed by atoms with E-state index in [-0.39, 0.29) is 30.5 Å². The third-order valence-electron chi connectivity index (χ3n) is 8.79. The van der Waals surface area contributed by atoms with Gasteiger partial charge in [0.15, 0.2) is 0 Å². The Labute approximate surface area is 251 Å². The summed E-state index contributed by atoms with van der Waals surface area (Å²) in [7, 11) is -1.07. The Morgan fingerprint density at radius 1 is 0.977 bits per heavy atom. The maximum absolute atomic E-state index is 13.9. The first kappa shape index (κ1) is 28.9. The molecule has 0 saturated carbocycles. The van der Waals surface area contributed by atoms with Crippen LogP contribution in [0.15, 0.2) is 95.6 Å². The monoisotopic (exact) mass is 578 g/mol. The number of aliphatic hydroxyl groups excluding tert-OH is 1. The maximum atomic E-state index is 13.9. The molecule has 43 heavy (non-hydrogen) atoms. The predicted molar refractivity (Wildman–Crippen MR) is 167 cm³/mol. The number of benzene rings is 3. The fourth-order valence-corrected chi connectivity index (χ4v) is 6.83. The Bertz CT molecular complexity index is 1550. The Balaban J connectivity index is 1.21. The van der Waals surface area contributed by atoms with Crippen molar-refractivity contribution in [1.29, 1.82) is 0 Å². The van der Waals surface area contributed by atoms with E-state index in [9.17, 15) is 24.8 Å². The smallest absolute Gasteiger partial charge is 0.455 e. The van der Waals surface area contributed by atoms with Crippen LogP contribution in [0.4, 0.5) is 17.1 Å². The Hall–Kier alpha value is -4.18. The second-order valence-electron chi connectivity index (χ2n) is 11.6. The summed E-state index contributed by atoms with van der Waals surface area (Å²) < 4.78 is 6.00. The maximum Gasteiger partial charge on any atom is 0.455 e. The number of para-hydroxylation sites is 1. The molecule has 4 N–H and O–H groups in total. The summed E-state index contributed by atoms with van der Waals surface area (Å²) in [5.74, 6) is -1.93. The number of aliphatic hydroxyl groups is 1. The van der Waals surface area contributed by atoms with Gasteiger partial charge in [-0.25, -0.2) is 0 Å². The summed E-state index contributed by atoms with van der Waals surface area (Å²) in [5.41, 5.74) is 5.92. The van der Waals surface area contributed by atoms with Crippen LogP contribution in [0.3, 0.4) is 0 Å². The van der Waals surface area contributed by atoms with E-state index >= 15 is 0 Å². The molecule has 0 aromatic heterocycles. The molecule has 4 atom stereocenters. The Morgan fingerprint density at radius 3 is 2.37 bits per heavy atom. The topological polar surface area (TPSA) is 119 Å². The summed E-state index contributed by atoms with van der Waals surface area (Å²) in [6.45, 7) is 1.79. The predicted octanol–water partition coefficient (Wildman–Crippen LogP) is 5.31. The van der Waals surface area contributed by atoms with Crippen molar-refractivity contribution >= 4 is 42.1 Å². The number of phenols is 1. The second kappa shape index (κ2) is 12.2. The first-order valence-electron chi connectivity index (χ1n) is 14.7. The van der Waals surface area contributed by atoms with Gasteiger partial charge >= 0.3 is 7.12 Å². The Kier molecular flexibility index (Phi) is 8.21. The fourth-order valence-electron chi connectivity index (χ4n) is 6.83. The molecule has 0 unspecified atom stereocenters. The van der Waals surface area contributed by atoms with Gasteiger partial charge in [-0.15, -0.1) is 0 Å². The van der Waals surface area contributed by atoms with Gasteiger partial charge < -0.3 is 25.2 Å². The number of hydrogen-bond acceptors (Lipinski definition) is 7. The minimum Gasteiger partial charge on any atom is -0.508 e. The first-order valence-corrected chi connectivity index (χ1v) is 14.7. The quantitative estimate of drug-likeness (QED) is 0.162. The lowest BCUT2D eigenvalue weighted by Crippen LogP contribution is -2.46. The van der Waals surface area contributed by atoms with Crippen molar-refractivity contribution in [2.24, 2.45) is 17.8 Å². The molecule has 2 fully saturated rings. The SMILES string of the molecule is C/C(=C\c1ccc(O)cc1)CC[C@H]1OB(O)C[C@H]2C1=C(CO)C[C@H]1C(=O)N(c3ccc(Nc4ccccc4)cc3)C(=O)[C@H]12. The number of carbonyl (C=O) groups excluding carboxylic acids is 2. The van der Waals surface area contributed by atoms with Gasteiger partial charge in [-0.1, -0.05) is 42.0 Å². The number of anilines is 3. The van der Waals surface area contributed by atoms with Gasteiger partial charge in [0, 0.05) is 11.4 Å². The second-order valence-corrected chi connectivity index (χ2v) is 11.6. The highest BCUT2D eigenvalue weighted by Crippen LogP contribution is 2.51. The summed E-state index contributed by atoms with van der Waals surface area (Å²) in [4.78, 5) is 28.9. The van der Waals surface area contributed by atoms with E-state index in [1.165, 1.54) is 4.90 Å². The van der Waals surface area contributed by atoms with Gasteiger partial charge in [0.2, 0.25) is 11.8 Å². The largest absolute Gasteiger partial charge is 0.508 e. The Morgan fingerprint density at radius 2 is 1.67 bits per heavy atom. The molecule has 0 spiro atoms. The van der Waals surface area contributed by atoms with Gasteiger partial charge in [-0.2, -0.15) is 0 Å². The average Bonchev–Trinajstić information content (AvgIpc) is 3.26. The number of phenolic OH excluding ortho intramolecular Hbond substituents is 1.